The van der Waals surface area contributed by atoms with Crippen LogP contribution < -0.4 is 10.6 Å². The van der Waals surface area contributed by atoms with Crippen molar-refractivity contribution >= 4 is 11.7 Å². The van der Waals surface area contributed by atoms with Crippen LogP contribution in [0.2, 0.25) is 0 Å². The van der Waals surface area contributed by atoms with E-state index in [1.54, 1.807) is 12.3 Å². The molecule has 3 rings (SSSR count). The molecule has 2 aromatic rings. The van der Waals surface area contributed by atoms with Crippen molar-refractivity contribution in [3.05, 3.63) is 59.9 Å². The number of urea groups is 1. The highest BCUT2D eigenvalue weighted by Crippen LogP contribution is 2.33. The Hall–Kier alpha value is -2.40. The Kier molecular flexibility index (Phi) is 5.43. The molecule has 126 valence electrons. The van der Waals surface area contributed by atoms with Gasteiger partial charge in [-0.25, -0.2) is 4.79 Å². The van der Waals surface area contributed by atoms with E-state index in [2.05, 4.69) is 27.8 Å². The smallest absolute Gasteiger partial charge is 0.319 e. The Morgan fingerprint density at radius 3 is 2.92 bits per heavy atom. The highest BCUT2D eigenvalue weighted by atomic mass is 16.5. The molecular formula is C19H23N3O2. The van der Waals surface area contributed by atoms with Crippen LogP contribution in [0.4, 0.5) is 10.5 Å². The normalized spacial score (nSPS) is 20.4. The first-order valence-electron chi connectivity index (χ1n) is 8.36. The second-order valence-electron chi connectivity index (χ2n) is 6.13. The van der Waals surface area contributed by atoms with Gasteiger partial charge in [0.15, 0.2) is 0 Å². The maximum absolute atomic E-state index is 12.1. The fourth-order valence-electron chi connectivity index (χ4n) is 3.09. The molecule has 1 aromatic carbocycles. The van der Waals surface area contributed by atoms with E-state index in [9.17, 15) is 4.79 Å². The van der Waals surface area contributed by atoms with E-state index in [-0.39, 0.29) is 18.1 Å². The molecule has 1 aromatic heterocycles. The van der Waals surface area contributed by atoms with Gasteiger partial charge in [0.05, 0.1) is 6.10 Å². The first-order chi connectivity index (χ1) is 11.7. The zero-order valence-corrected chi connectivity index (χ0v) is 13.9. The van der Waals surface area contributed by atoms with Crippen LogP contribution in [0.25, 0.3) is 0 Å². The summed E-state index contributed by atoms with van der Waals surface area (Å²) in [5.74, 6) is 0.283. The third-order valence-electron chi connectivity index (χ3n) is 4.25. The number of ether oxygens (including phenoxy) is 1. The molecule has 2 amide bonds. The summed E-state index contributed by atoms with van der Waals surface area (Å²) in [5, 5.41) is 5.82. The molecule has 1 aliphatic rings. The maximum Gasteiger partial charge on any atom is 0.319 e. The van der Waals surface area contributed by atoms with Crippen molar-refractivity contribution in [2.75, 3.05) is 18.5 Å². The van der Waals surface area contributed by atoms with Crippen LogP contribution in [0.3, 0.4) is 0 Å². The summed E-state index contributed by atoms with van der Waals surface area (Å²) < 4.78 is 5.96. The topological polar surface area (TPSA) is 63.2 Å². The number of amides is 2. The fourth-order valence-corrected chi connectivity index (χ4v) is 3.09. The number of carbonyl (C=O) groups is 1. The average molecular weight is 325 g/mol. The predicted molar refractivity (Wildman–Crippen MR) is 93.9 cm³/mol. The van der Waals surface area contributed by atoms with Gasteiger partial charge >= 0.3 is 6.03 Å². The molecule has 24 heavy (non-hydrogen) atoms. The molecule has 0 radical (unpaired) electrons. The lowest BCUT2D eigenvalue weighted by molar-refractivity contribution is -0.0268. The number of aryl methyl sites for hydroxylation is 1. The van der Waals surface area contributed by atoms with Crippen molar-refractivity contribution in [2.24, 2.45) is 5.92 Å². The number of carbonyl (C=O) groups excluding carboxylic acids is 1. The maximum atomic E-state index is 12.1. The number of nitrogens with one attached hydrogen (secondary N) is 2. The summed E-state index contributed by atoms with van der Waals surface area (Å²) >= 11 is 0. The first kappa shape index (κ1) is 16.5. The number of hydrogen-bond donors (Lipinski definition) is 2. The number of aromatic nitrogens is 1. The van der Waals surface area contributed by atoms with Crippen LogP contribution in [0.1, 0.15) is 30.2 Å². The van der Waals surface area contributed by atoms with E-state index < -0.39 is 0 Å². The minimum Gasteiger partial charge on any atom is -0.373 e. The van der Waals surface area contributed by atoms with Crippen molar-refractivity contribution in [1.29, 1.82) is 0 Å². The van der Waals surface area contributed by atoms with Crippen LogP contribution in [-0.2, 0) is 4.74 Å². The summed E-state index contributed by atoms with van der Waals surface area (Å²) in [4.78, 5) is 16.2. The van der Waals surface area contributed by atoms with Crippen LogP contribution in [0.5, 0.6) is 0 Å². The molecule has 2 N–H and O–H groups in total. The van der Waals surface area contributed by atoms with E-state index in [0.717, 1.165) is 30.8 Å². The quantitative estimate of drug-likeness (QED) is 0.901. The largest absolute Gasteiger partial charge is 0.373 e. The number of pyridine rings is 1. The minimum absolute atomic E-state index is 0.0448. The van der Waals surface area contributed by atoms with Crippen LogP contribution in [0.15, 0.2) is 48.7 Å². The van der Waals surface area contributed by atoms with E-state index >= 15 is 0 Å². The zero-order valence-electron chi connectivity index (χ0n) is 13.9. The molecule has 0 bridgehead atoms. The number of benzene rings is 1. The van der Waals surface area contributed by atoms with Crippen LogP contribution in [-0.4, -0.2) is 24.2 Å². The summed E-state index contributed by atoms with van der Waals surface area (Å²) in [5.41, 5.74) is 2.80. The number of rotatable bonds is 4. The molecule has 0 saturated carbocycles. The van der Waals surface area contributed by atoms with Gasteiger partial charge in [-0.1, -0.05) is 30.3 Å². The highest BCUT2D eigenvalue weighted by Gasteiger charge is 2.27. The lowest BCUT2D eigenvalue weighted by Crippen LogP contribution is -2.37. The second kappa shape index (κ2) is 7.93. The minimum atomic E-state index is -0.196. The lowest BCUT2D eigenvalue weighted by atomic mass is 9.89. The van der Waals surface area contributed by atoms with Crippen molar-refractivity contribution < 1.29 is 9.53 Å². The van der Waals surface area contributed by atoms with Gasteiger partial charge in [0.1, 0.15) is 0 Å². The summed E-state index contributed by atoms with van der Waals surface area (Å²) in [6, 6.07) is 13.7. The van der Waals surface area contributed by atoms with Gasteiger partial charge in [0.25, 0.3) is 0 Å². The SMILES string of the molecule is Cc1cc(NC(=O)NC[C@@H]2CCCO[C@H]2c2ccccc2)ccn1. The second-order valence-corrected chi connectivity index (χ2v) is 6.13. The Balaban J connectivity index is 1.57. The third kappa shape index (κ3) is 4.32. The van der Waals surface area contributed by atoms with Gasteiger partial charge in [-0.2, -0.15) is 0 Å². The Morgan fingerprint density at radius 1 is 1.29 bits per heavy atom. The average Bonchev–Trinajstić information content (AvgIpc) is 2.61. The van der Waals surface area contributed by atoms with Crippen molar-refractivity contribution in [3.8, 4) is 0 Å². The Morgan fingerprint density at radius 2 is 2.12 bits per heavy atom. The molecule has 5 heteroatoms. The third-order valence-corrected chi connectivity index (χ3v) is 4.25. The molecule has 0 spiro atoms. The molecular weight excluding hydrogens is 302 g/mol. The molecule has 0 aliphatic carbocycles. The van der Waals surface area contributed by atoms with Gasteiger partial charge < -0.3 is 15.4 Å². The van der Waals surface area contributed by atoms with Crippen LogP contribution in [0, 0.1) is 12.8 Å². The highest BCUT2D eigenvalue weighted by molar-refractivity contribution is 5.89. The van der Waals surface area contributed by atoms with Gasteiger partial charge in [-0.3, -0.25) is 4.98 Å². The van der Waals surface area contributed by atoms with E-state index in [1.807, 2.05) is 31.2 Å². The molecule has 5 nitrogen and oxygen atoms in total. The van der Waals surface area contributed by atoms with E-state index in [0.29, 0.717) is 6.54 Å². The Labute approximate surface area is 142 Å². The summed E-state index contributed by atoms with van der Waals surface area (Å²) in [6.45, 7) is 3.26. The van der Waals surface area contributed by atoms with Gasteiger partial charge in [-0.15, -0.1) is 0 Å². The van der Waals surface area contributed by atoms with Crippen molar-refractivity contribution in [1.82, 2.24) is 10.3 Å². The molecule has 2 heterocycles. The van der Waals surface area contributed by atoms with Crippen LogP contribution >= 0.6 is 0 Å². The molecule has 0 unspecified atom stereocenters. The number of anilines is 1. The van der Waals surface area contributed by atoms with Gasteiger partial charge in [0, 0.05) is 36.6 Å². The van der Waals surface area contributed by atoms with Crippen molar-refractivity contribution in [3.63, 3.8) is 0 Å². The number of nitrogens with zero attached hydrogens (tertiary/aromatic N) is 1. The standard InChI is InChI=1S/C19H23N3O2/c1-14-12-17(9-10-20-14)22-19(23)21-13-16-8-5-11-24-18(16)15-6-3-2-4-7-15/h2-4,6-7,9-10,12,16,18H,5,8,11,13H2,1H3,(H2,20,21,22,23)/t16-,18-/m0/s1. The molecule has 1 saturated heterocycles. The Bertz CT molecular complexity index is 675. The summed E-state index contributed by atoms with van der Waals surface area (Å²) in [7, 11) is 0. The molecule has 1 fully saturated rings. The lowest BCUT2D eigenvalue weighted by Gasteiger charge is -2.32. The summed E-state index contributed by atoms with van der Waals surface area (Å²) in [6.07, 6.45) is 3.81. The monoisotopic (exact) mass is 325 g/mol. The number of hydrogen-bond acceptors (Lipinski definition) is 3. The van der Waals surface area contributed by atoms with Gasteiger partial charge in [-0.05, 0) is 37.5 Å². The molecule has 1 aliphatic heterocycles. The first-order valence-corrected chi connectivity index (χ1v) is 8.36. The molecule has 2 atom stereocenters. The van der Waals surface area contributed by atoms with Crippen molar-refractivity contribution in [2.45, 2.75) is 25.9 Å². The predicted octanol–water partition coefficient (Wildman–Crippen LogP) is 3.68. The van der Waals surface area contributed by atoms with Gasteiger partial charge in [0.2, 0.25) is 0 Å². The van der Waals surface area contributed by atoms with E-state index in [1.165, 1.54) is 5.56 Å². The zero-order chi connectivity index (χ0) is 16.8. The van der Waals surface area contributed by atoms with E-state index in [4.69, 9.17) is 4.74 Å². The fraction of sp³-hybridized carbons (Fsp3) is 0.368.